The Bertz CT molecular complexity index is 1070. The average molecular weight is 372 g/mol. The molecule has 1 saturated heterocycles. The van der Waals surface area contributed by atoms with E-state index in [0.717, 1.165) is 15.4 Å². The first kappa shape index (κ1) is 17.5. The minimum absolute atomic E-state index is 0.154. The fourth-order valence-corrected chi connectivity index (χ4v) is 2.97. The van der Waals surface area contributed by atoms with Crippen molar-refractivity contribution in [2.75, 3.05) is 9.80 Å². The molecule has 0 saturated carbocycles. The quantitative estimate of drug-likeness (QED) is 0.511. The molecule has 1 aromatic heterocycles. The molecule has 3 aromatic rings. The molecule has 0 radical (unpaired) electrons. The standard InChI is InChI=1S/C22H16N2O4/c1-15-9-11-17(12-10-15)24-21(26)19(14-18-8-5-13-28-18)20(25)23(22(24)27)16-6-3-2-4-7-16/h2-14H,1H3/b19-14+. The Morgan fingerprint density at radius 1 is 0.750 bits per heavy atom. The number of benzene rings is 2. The minimum Gasteiger partial charge on any atom is -0.465 e. The lowest BCUT2D eigenvalue weighted by Crippen LogP contribution is -2.57. The van der Waals surface area contributed by atoms with Crippen LogP contribution in [0.15, 0.2) is 83.0 Å². The lowest BCUT2D eigenvalue weighted by atomic mass is 10.1. The number of para-hydroxylation sites is 1. The van der Waals surface area contributed by atoms with Crippen LogP contribution >= 0.6 is 0 Å². The van der Waals surface area contributed by atoms with Crippen molar-refractivity contribution in [1.29, 1.82) is 0 Å². The molecule has 0 N–H and O–H groups in total. The number of urea groups is 1. The van der Waals surface area contributed by atoms with Crippen LogP contribution < -0.4 is 9.80 Å². The van der Waals surface area contributed by atoms with Crippen molar-refractivity contribution in [3.05, 3.63) is 89.9 Å². The molecule has 1 aliphatic heterocycles. The predicted molar refractivity (Wildman–Crippen MR) is 105 cm³/mol. The third-order valence-corrected chi connectivity index (χ3v) is 4.39. The van der Waals surface area contributed by atoms with E-state index in [0.29, 0.717) is 17.1 Å². The van der Waals surface area contributed by atoms with E-state index in [9.17, 15) is 14.4 Å². The maximum atomic E-state index is 13.1. The van der Waals surface area contributed by atoms with Gasteiger partial charge in [-0.3, -0.25) is 9.59 Å². The molecule has 4 rings (SSSR count). The van der Waals surface area contributed by atoms with Gasteiger partial charge in [0.2, 0.25) is 0 Å². The molecule has 6 heteroatoms. The highest BCUT2D eigenvalue weighted by molar-refractivity contribution is 6.46. The van der Waals surface area contributed by atoms with E-state index < -0.39 is 17.8 Å². The molecule has 28 heavy (non-hydrogen) atoms. The summed E-state index contributed by atoms with van der Waals surface area (Å²) in [6.07, 6.45) is 2.80. The van der Waals surface area contributed by atoms with Gasteiger partial charge in [-0.15, -0.1) is 0 Å². The van der Waals surface area contributed by atoms with Gasteiger partial charge < -0.3 is 4.42 Å². The summed E-state index contributed by atoms with van der Waals surface area (Å²) in [4.78, 5) is 41.3. The zero-order chi connectivity index (χ0) is 19.7. The van der Waals surface area contributed by atoms with Gasteiger partial charge in [-0.25, -0.2) is 14.6 Å². The number of anilines is 2. The van der Waals surface area contributed by atoms with Crippen LogP contribution in [0, 0.1) is 6.92 Å². The summed E-state index contributed by atoms with van der Waals surface area (Å²) >= 11 is 0. The number of rotatable bonds is 3. The second-order valence-electron chi connectivity index (χ2n) is 6.31. The van der Waals surface area contributed by atoms with E-state index in [1.165, 1.54) is 12.3 Å². The van der Waals surface area contributed by atoms with E-state index in [4.69, 9.17) is 4.42 Å². The lowest BCUT2D eigenvalue weighted by Gasteiger charge is -2.33. The van der Waals surface area contributed by atoms with E-state index in [-0.39, 0.29) is 5.57 Å². The zero-order valence-corrected chi connectivity index (χ0v) is 15.0. The summed E-state index contributed by atoms with van der Waals surface area (Å²) in [5.74, 6) is -1.04. The van der Waals surface area contributed by atoms with Gasteiger partial charge in [0.25, 0.3) is 11.8 Å². The Morgan fingerprint density at radius 2 is 1.36 bits per heavy atom. The average Bonchev–Trinajstić information content (AvgIpc) is 3.21. The molecule has 6 nitrogen and oxygen atoms in total. The van der Waals surface area contributed by atoms with Gasteiger partial charge in [-0.2, -0.15) is 0 Å². The predicted octanol–water partition coefficient (Wildman–Crippen LogP) is 4.17. The van der Waals surface area contributed by atoms with Crippen LogP contribution in [0.25, 0.3) is 6.08 Å². The monoisotopic (exact) mass is 372 g/mol. The topological polar surface area (TPSA) is 70.8 Å². The largest absolute Gasteiger partial charge is 0.465 e. The second kappa shape index (κ2) is 7.00. The van der Waals surface area contributed by atoms with Gasteiger partial charge in [0, 0.05) is 0 Å². The van der Waals surface area contributed by atoms with Gasteiger partial charge in [-0.05, 0) is 49.4 Å². The molecular weight excluding hydrogens is 356 g/mol. The van der Waals surface area contributed by atoms with E-state index >= 15 is 0 Å². The SMILES string of the molecule is Cc1ccc(N2C(=O)/C(=C/c3ccco3)C(=O)N(c3ccccc3)C2=O)cc1. The van der Waals surface area contributed by atoms with Gasteiger partial charge in [0.1, 0.15) is 11.3 Å². The van der Waals surface area contributed by atoms with Crippen LogP contribution in [0.4, 0.5) is 16.2 Å². The number of carbonyl (C=O) groups excluding carboxylic acids is 3. The molecule has 4 amide bonds. The van der Waals surface area contributed by atoms with E-state index in [1.807, 2.05) is 6.92 Å². The van der Waals surface area contributed by atoms with Crippen molar-refractivity contribution in [3.8, 4) is 0 Å². The number of hydrogen-bond donors (Lipinski definition) is 0. The number of nitrogens with zero attached hydrogens (tertiary/aromatic N) is 2. The fourth-order valence-electron chi connectivity index (χ4n) is 2.97. The summed E-state index contributed by atoms with van der Waals surface area (Å²) in [5, 5.41) is 0. The molecule has 2 aromatic carbocycles. The summed E-state index contributed by atoms with van der Waals surface area (Å²) < 4.78 is 5.25. The van der Waals surface area contributed by atoms with Gasteiger partial charge >= 0.3 is 6.03 Å². The number of carbonyl (C=O) groups is 3. The van der Waals surface area contributed by atoms with E-state index in [1.54, 1.807) is 66.7 Å². The highest BCUT2D eigenvalue weighted by atomic mass is 16.3. The van der Waals surface area contributed by atoms with Gasteiger partial charge in [0.05, 0.1) is 17.6 Å². The third kappa shape index (κ3) is 3.01. The molecule has 2 heterocycles. The number of amides is 4. The van der Waals surface area contributed by atoms with Crippen LogP contribution in [0.1, 0.15) is 11.3 Å². The first-order valence-electron chi connectivity index (χ1n) is 8.66. The summed E-state index contributed by atoms with van der Waals surface area (Å²) in [7, 11) is 0. The molecule has 138 valence electrons. The van der Waals surface area contributed by atoms with Crippen molar-refractivity contribution in [2.45, 2.75) is 6.92 Å². The number of hydrogen-bond acceptors (Lipinski definition) is 4. The molecule has 0 spiro atoms. The number of aryl methyl sites for hydroxylation is 1. The second-order valence-corrected chi connectivity index (χ2v) is 6.31. The Morgan fingerprint density at radius 3 is 1.93 bits per heavy atom. The molecule has 0 atom stereocenters. The highest BCUT2D eigenvalue weighted by Gasteiger charge is 2.43. The molecule has 1 fully saturated rings. The first-order chi connectivity index (χ1) is 13.6. The minimum atomic E-state index is -0.721. The summed E-state index contributed by atoms with van der Waals surface area (Å²) in [5.41, 5.74) is 1.61. The molecular formula is C22H16N2O4. The molecule has 0 unspecified atom stereocenters. The Hall–Kier alpha value is -3.93. The highest BCUT2D eigenvalue weighted by Crippen LogP contribution is 2.29. The van der Waals surface area contributed by atoms with Crippen LogP contribution in [-0.2, 0) is 9.59 Å². The van der Waals surface area contributed by atoms with E-state index in [2.05, 4.69) is 0 Å². The smallest absolute Gasteiger partial charge is 0.343 e. The van der Waals surface area contributed by atoms with Crippen molar-refractivity contribution in [3.63, 3.8) is 0 Å². The molecule has 0 aliphatic carbocycles. The third-order valence-electron chi connectivity index (χ3n) is 4.39. The van der Waals surface area contributed by atoms with Crippen molar-refractivity contribution >= 4 is 35.3 Å². The van der Waals surface area contributed by atoms with Crippen molar-refractivity contribution in [2.24, 2.45) is 0 Å². The Balaban J connectivity index is 1.86. The van der Waals surface area contributed by atoms with Crippen LogP contribution in [0.5, 0.6) is 0 Å². The number of furan rings is 1. The summed E-state index contributed by atoms with van der Waals surface area (Å²) in [6.45, 7) is 1.91. The fraction of sp³-hybridized carbons (Fsp3) is 0.0455. The number of imide groups is 2. The molecule has 1 aliphatic rings. The molecule has 0 bridgehead atoms. The van der Waals surface area contributed by atoms with Crippen LogP contribution in [0.3, 0.4) is 0 Å². The van der Waals surface area contributed by atoms with Gasteiger partial charge in [-0.1, -0.05) is 35.9 Å². The first-order valence-corrected chi connectivity index (χ1v) is 8.66. The zero-order valence-electron chi connectivity index (χ0n) is 15.0. The Labute approximate surface area is 161 Å². The normalized spacial score (nSPS) is 16.2. The number of barbiturate groups is 1. The van der Waals surface area contributed by atoms with Gasteiger partial charge in [0.15, 0.2) is 0 Å². The Kier molecular flexibility index (Phi) is 4.37. The maximum absolute atomic E-state index is 13.1. The lowest BCUT2D eigenvalue weighted by molar-refractivity contribution is -0.121. The van der Waals surface area contributed by atoms with Crippen LogP contribution in [-0.4, -0.2) is 17.8 Å². The van der Waals surface area contributed by atoms with Crippen LogP contribution in [0.2, 0.25) is 0 Å². The van der Waals surface area contributed by atoms with Crippen molar-refractivity contribution < 1.29 is 18.8 Å². The maximum Gasteiger partial charge on any atom is 0.343 e. The summed E-state index contributed by atoms with van der Waals surface area (Å²) in [6, 6.07) is 18.0. The van der Waals surface area contributed by atoms with Crippen molar-refractivity contribution in [1.82, 2.24) is 0 Å².